The highest BCUT2D eigenvalue weighted by atomic mass is 35.5. The van der Waals surface area contributed by atoms with Crippen molar-refractivity contribution in [3.63, 3.8) is 0 Å². The van der Waals surface area contributed by atoms with Crippen molar-refractivity contribution in [3.05, 3.63) is 67.9 Å². The van der Waals surface area contributed by atoms with Gasteiger partial charge in [0, 0.05) is 23.1 Å². The van der Waals surface area contributed by atoms with Gasteiger partial charge in [0.15, 0.2) is 5.82 Å². The maximum absolute atomic E-state index is 14.1. The lowest BCUT2D eigenvalue weighted by Gasteiger charge is -2.30. The highest BCUT2D eigenvalue weighted by Gasteiger charge is 2.62. The molecule has 2 aliphatic rings. The third kappa shape index (κ3) is 3.13. The zero-order chi connectivity index (χ0) is 21.8. The van der Waals surface area contributed by atoms with Crippen molar-refractivity contribution in [2.24, 2.45) is 5.16 Å². The average molecular weight is 461 g/mol. The molecule has 30 heavy (non-hydrogen) atoms. The molecule has 0 N–H and O–H groups in total. The first-order chi connectivity index (χ1) is 14.0. The van der Waals surface area contributed by atoms with Crippen LogP contribution in [-0.4, -0.2) is 17.9 Å². The van der Waals surface area contributed by atoms with Crippen LogP contribution in [0.3, 0.4) is 0 Å². The molecule has 158 valence electrons. The minimum absolute atomic E-state index is 0.00643. The second-order valence-corrected chi connectivity index (χ2v) is 7.96. The number of carbonyl (C=O) groups excluding carboxylic acids is 1. The van der Waals surface area contributed by atoms with E-state index in [0.29, 0.717) is 36.0 Å². The number of oxime groups is 1. The molecule has 0 amide bonds. The van der Waals surface area contributed by atoms with Crippen molar-refractivity contribution in [2.75, 3.05) is 0 Å². The topological polar surface area (TPSA) is 61.7 Å². The highest BCUT2D eigenvalue weighted by Crippen LogP contribution is 2.50. The third-order valence-corrected chi connectivity index (χ3v) is 6.00. The molecule has 0 saturated heterocycles. The minimum atomic E-state index is -4.92. The number of hydrogen-bond donors (Lipinski definition) is 0. The molecule has 4 nitrogen and oxygen atoms in total. The normalized spacial score (nSPS) is 20.7. The summed E-state index contributed by atoms with van der Waals surface area (Å²) < 4.78 is 56.1. The SMILES string of the molecule is O=C([O-])c1ccc(C2=NOC(c3cc(Cl)c(F)c(Cl)c3)(C(F)(F)F)C2)c2c1CCC2. The summed E-state index contributed by atoms with van der Waals surface area (Å²) in [6.07, 6.45) is -3.98. The monoisotopic (exact) mass is 460 g/mol. The summed E-state index contributed by atoms with van der Waals surface area (Å²) in [5.74, 6) is -2.38. The first-order valence-corrected chi connectivity index (χ1v) is 9.64. The van der Waals surface area contributed by atoms with Crippen molar-refractivity contribution in [2.45, 2.75) is 37.5 Å². The van der Waals surface area contributed by atoms with Crippen molar-refractivity contribution >= 4 is 34.9 Å². The largest absolute Gasteiger partial charge is 0.545 e. The number of alkyl halides is 3. The average Bonchev–Trinajstić information content (AvgIpc) is 3.32. The molecule has 0 fully saturated rings. The maximum Gasteiger partial charge on any atom is 0.435 e. The Morgan fingerprint density at radius 3 is 2.37 bits per heavy atom. The molecule has 2 aromatic rings. The van der Waals surface area contributed by atoms with Gasteiger partial charge in [0.05, 0.1) is 21.7 Å². The van der Waals surface area contributed by atoms with E-state index in [-0.39, 0.29) is 11.3 Å². The Morgan fingerprint density at radius 2 is 1.77 bits per heavy atom. The van der Waals surface area contributed by atoms with E-state index < -0.39 is 45.6 Å². The summed E-state index contributed by atoms with van der Waals surface area (Å²) in [7, 11) is 0. The van der Waals surface area contributed by atoms with Crippen molar-refractivity contribution < 1.29 is 32.3 Å². The number of fused-ring (bicyclic) bond motifs is 1. The van der Waals surface area contributed by atoms with Crippen molar-refractivity contribution in [1.82, 2.24) is 0 Å². The molecule has 0 radical (unpaired) electrons. The smallest absolute Gasteiger partial charge is 0.435 e. The highest BCUT2D eigenvalue weighted by molar-refractivity contribution is 6.35. The fraction of sp³-hybridized carbons (Fsp3) is 0.300. The Morgan fingerprint density at radius 1 is 1.13 bits per heavy atom. The second-order valence-electron chi connectivity index (χ2n) is 7.14. The van der Waals surface area contributed by atoms with Crippen LogP contribution in [0.1, 0.15) is 45.5 Å². The number of halogens is 6. The van der Waals surface area contributed by atoms with Gasteiger partial charge in [-0.1, -0.05) is 40.5 Å². The molecular weight excluding hydrogens is 449 g/mol. The van der Waals surface area contributed by atoms with E-state index >= 15 is 0 Å². The molecular formula is C20H12Cl2F4NO3-. The van der Waals surface area contributed by atoms with E-state index in [9.17, 15) is 27.5 Å². The lowest BCUT2D eigenvalue weighted by Crippen LogP contribution is -2.42. The van der Waals surface area contributed by atoms with Gasteiger partial charge in [0.1, 0.15) is 0 Å². The summed E-state index contributed by atoms with van der Waals surface area (Å²) in [6, 6.07) is 4.35. The Kier molecular flexibility index (Phi) is 4.97. The van der Waals surface area contributed by atoms with Crippen LogP contribution in [0.5, 0.6) is 0 Å². The number of benzene rings is 2. The van der Waals surface area contributed by atoms with Crippen LogP contribution in [-0.2, 0) is 23.3 Å². The van der Waals surface area contributed by atoms with Crippen molar-refractivity contribution in [3.8, 4) is 0 Å². The summed E-state index contributed by atoms with van der Waals surface area (Å²) in [5, 5.41) is 13.9. The van der Waals surface area contributed by atoms with Gasteiger partial charge in [-0.05, 0) is 42.5 Å². The third-order valence-electron chi connectivity index (χ3n) is 5.45. The Hall–Kier alpha value is -2.32. The molecule has 0 spiro atoms. The summed E-state index contributed by atoms with van der Waals surface area (Å²) in [4.78, 5) is 16.3. The van der Waals surface area contributed by atoms with E-state index in [2.05, 4.69) is 5.16 Å². The van der Waals surface area contributed by atoms with Crippen LogP contribution in [0.15, 0.2) is 29.4 Å². The number of carboxylic acids is 1. The van der Waals surface area contributed by atoms with E-state index in [1.807, 2.05) is 0 Å². The number of nitrogens with zero attached hydrogens (tertiary/aromatic N) is 1. The van der Waals surface area contributed by atoms with Gasteiger partial charge in [-0.2, -0.15) is 13.2 Å². The summed E-state index contributed by atoms with van der Waals surface area (Å²) in [5.41, 5.74) is -1.82. The van der Waals surface area contributed by atoms with E-state index in [1.165, 1.54) is 12.1 Å². The van der Waals surface area contributed by atoms with Gasteiger partial charge in [-0.25, -0.2) is 4.39 Å². The molecule has 10 heteroatoms. The first-order valence-electron chi connectivity index (χ1n) is 8.88. The van der Waals surface area contributed by atoms with Crippen LogP contribution in [0, 0.1) is 5.82 Å². The zero-order valence-electron chi connectivity index (χ0n) is 15.1. The molecule has 1 heterocycles. The molecule has 1 aliphatic heterocycles. The number of aromatic carboxylic acids is 1. The van der Waals surface area contributed by atoms with Crippen LogP contribution >= 0.6 is 23.2 Å². The Balaban J connectivity index is 1.79. The molecule has 0 saturated carbocycles. The molecule has 1 unspecified atom stereocenters. The number of carboxylic acid groups (broad SMARTS) is 1. The minimum Gasteiger partial charge on any atom is -0.545 e. The van der Waals surface area contributed by atoms with Gasteiger partial charge in [0.25, 0.3) is 5.60 Å². The van der Waals surface area contributed by atoms with Crippen LogP contribution in [0.4, 0.5) is 17.6 Å². The van der Waals surface area contributed by atoms with E-state index in [1.54, 1.807) is 0 Å². The molecule has 1 aliphatic carbocycles. The number of hydrogen-bond acceptors (Lipinski definition) is 4. The predicted octanol–water partition coefficient (Wildman–Crippen LogP) is 4.57. The fourth-order valence-corrected chi connectivity index (χ4v) is 4.49. The number of carbonyl (C=O) groups is 1. The number of rotatable bonds is 3. The predicted molar refractivity (Wildman–Crippen MR) is 99.2 cm³/mol. The van der Waals surface area contributed by atoms with Gasteiger partial charge < -0.3 is 14.7 Å². The van der Waals surface area contributed by atoms with Crippen LogP contribution in [0.25, 0.3) is 0 Å². The lowest BCUT2D eigenvalue weighted by atomic mass is 9.85. The van der Waals surface area contributed by atoms with Crippen LogP contribution < -0.4 is 5.11 Å². The Labute approximate surface area is 178 Å². The standard InChI is InChI=1S/C20H13Cl2F4NO3/c21-14-6-9(7-15(22)17(14)23)19(20(24,25)26)8-16(27-30-19)12-4-5-13(18(28)29)11-3-1-2-10(11)12/h4-7H,1-3,8H2,(H,28,29)/p-1. The molecule has 1 atom stereocenters. The van der Waals surface area contributed by atoms with Gasteiger partial charge >= 0.3 is 6.18 Å². The molecule has 0 bridgehead atoms. The Bertz CT molecular complexity index is 1080. The van der Waals surface area contributed by atoms with Gasteiger partial charge in [-0.3, -0.25) is 0 Å². The zero-order valence-corrected chi connectivity index (χ0v) is 16.6. The van der Waals surface area contributed by atoms with Crippen molar-refractivity contribution in [1.29, 1.82) is 0 Å². The van der Waals surface area contributed by atoms with Gasteiger partial charge in [0.2, 0.25) is 0 Å². The molecule has 0 aromatic heterocycles. The van der Waals surface area contributed by atoms with E-state index in [4.69, 9.17) is 28.0 Å². The summed E-state index contributed by atoms with van der Waals surface area (Å²) >= 11 is 11.4. The first kappa shape index (κ1) is 20.9. The van der Waals surface area contributed by atoms with E-state index in [0.717, 1.165) is 12.1 Å². The molecule has 4 rings (SSSR count). The fourth-order valence-electron chi connectivity index (χ4n) is 4.00. The quantitative estimate of drug-likeness (QED) is 0.497. The second kappa shape index (κ2) is 7.13. The summed E-state index contributed by atoms with van der Waals surface area (Å²) in [6.45, 7) is 0. The molecule has 2 aromatic carbocycles. The lowest BCUT2D eigenvalue weighted by molar-refractivity contribution is -0.275. The van der Waals surface area contributed by atoms with Gasteiger partial charge in [-0.15, -0.1) is 0 Å². The van der Waals surface area contributed by atoms with Crippen LogP contribution in [0.2, 0.25) is 10.0 Å². The maximum atomic E-state index is 14.1.